The monoisotopic (exact) mass is 306 g/mol. The van der Waals surface area contributed by atoms with E-state index in [0.717, 1.165) is 22.5 Å². The molecule has 0 atom stereocenters. The molecule has 3 heteroatoms. The quantitative estimate of drug-likeness (QED) is 0.735. The summed E-state index contributed by atoms with van der Waals surface area (Å²) in [6.07, 6.45) is 0. The van der Waals surface area contributed by atoms with Crippen LogP contribution in [0.5, 0.6) is 5.75 Å². The van der Waals surface area contributed by atoms with Gasteiger partial charge in [0.1, 0.15) is 11.4 Å². The number of hydrogen-bond acceptors (Lipinski definition) is 2. The molecule has 2 aromatic carbocycles. The SMILES string of the molecule is Cc1ccccc1-n1nc(C(C)(C)C)c(O)c1-c1ccccc1. The molecule has 0 radical (unpaired) electrons. The lowest BCUT2D eigenvalue weighted by atomic mass is 9.91. The highest BCUT2D eigenvalue weighted by molar-refractivity contribution is 5.71. The molecule has 1 N–H and O–H groups in total. The molecule has 3 nitrogen and oxygen atoms in total. The molecule has 0 unspecified atom stereocenters. The molecule has 0 fully saturated rings. The molecule has 0 aliphatic heterocycles. The Balaban J connectivity index is 2.33. The normalized spacial score (nSPS) is 11.7. The summed E-state index contributed by atoms with van der Waals surface area (Å²) >= 11 is 0. The number of para-hydroxylation sites is 1. The van der Waals surface area contributed by atoms with E-state index in [1.807, 2.05) is 53.2 Å². The Morgan fingerprint density at radius 3 is 2.13 bits per heavy atom. The smallest absolute Gasteiger partial charge is 0.166 e. The Hall–Kier alpha value is -2.55. The van der Waals surface area contributed by atoms with Gasteiger partial charge in [-0.1, -0.05) is 69.3 Å². The molecular weight excluding hydrogens is 284 g/mol. The van der Waals surface area contributed by atoms with Crippen LogP contribution in [0.1, 0.15) is 32.0 Å². The number of aryl methyl sites for hydroxylation is 1. The van der Waals surface area contributed by atoms with E-state index in [0.29, 0.717) is 5.69 Å². The van der Waals surface area contributed by atoms with Crippen LogP contribution in [0, 0.1) is 6.92 Å². The molecule has 1 heterocycles. The third-order valence-corrected chi connectivity index (χ3v) is 3.96. The Morgan fingerprint density at radius 2 is 1.52 bits per heavy atom. The summed E-state index contributed by atoms with van der Waals surface area (Å²) in [5.41, 5.74) is 4.27. The zero-order valence-corrected chi connectivity index (χ0v) is 14.0. The first kappa shape index (κ1) is 15.3. The number of rotatable bonds is 2. The Bertz CT molecular complexity index is 827. The molecule has 3 rings (SSSR count). The van der Waals surface area contributed by atoms with E-state index in [1.54, 1.807) is 0 Å². The average molecular weight is 306 g/mol. The minimum Gasteiger partial charge on any atom is -0.504 e. The Labute approximate surface area is 137 Å². The van der Waals surface area contributed by atoms with Gasteiger partial charge in [0, 0.05) is 11.0 Å². The fraction of sp³-hybridized carbons (Fsp3) is 0.250. The van der Waals surface area contributed by atoms with Gasteiger partial charge in [0.25, 0.3) is 0 Å². The molecule has 0 aliphatic rings. The predicted molar refractivity (Wildman–Crippen MR) is 94.1 cm³/mol. The van der Waals surface area contributed by atoms with Crippen molar-refractivity contribution in [1.29, 1.82) is 0 Å². The second-order valence-electron chi connectivity index (χ2n) is 6.86. The fourth-order valence-electron chi connectivity index (χ4n) is 2.75. The molecule has 0 saturated heterocycles. The van der Waals surface area contributed by atoms with Crippen molar-refractivity contribution in [2.45, 2.75) is 33.1 Å². The topological polar surface area (TPSA) is 38.0 Å². The summed E-state index contributed by atoms with van der Waals surface area (Å²) in [5.74, 6) is 0.256. The van der Waals surface area contributed by atoms with E-state index < -0.39 is 0 Å². The van der Waals surface area contributed by atoms with E-state index in [9.17, 15) is 5.11 Å². The minimum absolute atomic E-state index is 0.235. The summed E-state index contributed by atoms with van der Waals surface area (Å²) in [6, 6.07) is 18.0. The highest BCUT2D eigenvalue weighted by Crippen LogP contribution is 2.39. The fourth-order valence-corrected chi connectivity index (χ4v) is 2.75. The van der Waals surface area contributed by atoms with E-state index in [1.165, 1.54) is 0 Å². The summed E-state index contributed by atoms with van der Waals surface area (Å²) < 4.78 is 1.86. The van der Waals surface area contributed by atoms with Gasteiger partial charge in [-0.3, -0.25) is 0 Å². The lowest BCUT2D eigenvalue weighted by Crippen LogP contribution is -2.13. The van der Waals surface area contributed by atoms with E-state index in [4.69, 9.17) is 5.10 Å². The van der Waals surface area contributed by atoms with Crippen molar-refractivity contribution in [3.63, 3.8) is 0 Å². The molecule has 118 valence electrons. The van der Waals surface area contributed by atoms with Gasteiger partial charge in [0.15, 0.2) is 5.75 Å². The van der Waals surface area contributed by atoms with Crippen molar-refractivity contribution >= 4 is 0 Å². The first-order chi connectivity index (χ1) is 10.9. The standard InChI is InChI=1S/C20H22N2O/c1-14-10-8-9-13-16(14)22-17(15-11-6-5-7-12-15)18(23)19(21-22)20(2,3)4/h5-13,23H,1-4H3. The van der Waals surface area contributed by atoms with Gasteiger partial charge in [-0.25, -0.2) is 4.68 Å². The van der Waals surface area contributed by atoms with Crippen LogP contribution in [0.2, 0.25) is 0 Å². The molecule has 1 aromatic heterocycles. The van der Waals surface area contributed by atoms with Crippen LogP contribution < -0.4 is 0 Å². The van der Waals surface area contributed by atoms with Crippen LogP contribution in [-0.2, 0) is 5.41 Å². The minimum atomic E-state index is -0.235. The average Bonchev–Trinajstić information content (AvgIpc) is 2.86. The molecule has 0 bridgehead atoms. The Morgan fingerprint density at radius 1 is 0.913 bits per heavy atom. The van der Waals surface area contributed by atoms with E-state index >= 15 is 0 Å². The number of aromatic hydroxyl groups is 1. The summed E-state index contributed by atoms with van der Waals surface area (Å²) in [6.45, 7) is 8.24. The molecule has 3 aromatic rings. The van der Waals surface area contributed by atoms with Gasteiger partial charge in [-0.15, -0.1) is 0 Å². The second-order valence-corrected chi connectivity index (χ2v) is 6.86. The largest absolute Gasteiger partial charge is 0.504 e. The highest BCUT2D eigenvalue weighted by Gasteiger charge is 2.28. The van der Waals surface area contributed by atoms with Crippen LogP contribution >= 0.6 is 0 Å². The van der Waals surface area contributed by atoms with Crippen molar-refractivity contribution in [3.8, 4) is 22.7 Å². The second kappa shape index (κ2) is 5.58. The Kier molecular flexibility index (Phi) is 3.72. The summed E-state index contributed by atoms with van der Waals surface area (Å²) in [7, 11) is 0. The van der Waals surface area contributed by atoms with E-state index in [2.05, 4.69) is 33.8 Å². The van der Waals surface area contributed by atoms with Crippen molar-refractivity contribution in [2.24, 2.45) is 0 Å². The van der Waals surface area contributed by atoms with Gasteiger partial charge >= 0.3 is 0 Å². The molecule has 0 spiro atoms. The zero-order chi connectivity index (χ0) is 16.6. The van der Waals surface area contributed by atoms with Crippen LogP contribution in [0.15, 0.2) is 54.6 Å². The first-order valence-electron chi connectivity index (χ1n) is 7.83. The van der Waals surface area contributed by atoms with E-state index in [-0.39, 0.29) is 11.2 Å². The van der Waals surface area contributed by atoms with Gasteiger partial charge in [0.2, 0.25) is 0 Å². The lowest BCUT2D eigenvalue weighted by Gasteiger charge is -2.15. The van der Waals surface area contributed by atoms with Gasteiger partial charge < -0.3 is 5.11 Å². The van der Waals surface area contributed by atoms with Crippen molar-refractivity contribution < 1.29 is 5.11 Å². The molecule has 0 aliphatic carbocycles. The lowest BCUT2D eigenvalue weighted by molar-refractivity contribution is 0.445. The zero-order valence-electron chi connectivity index (χ0n) is 14.0. The molecule has 0 amide bonds. The van der Waals surface area contributed by atoms with Gasteiger partial charge in [-0.05, 0) is 18.6 Å². The maximum absolute atomic E-state index is 10.9. The number of nitrogens with zero attached hydrogens (tertiary/aromatic N) is 2. The highest BCUT2D eigenvalue weighted by atomic mass is 16.3. The third-order valence-electron chi connectivity index (χ3n) is 3.96. The van der Waals surface area contributed by atoms with Crippen LogP contribution in [-0.4, -0.2) is 14.9 Å². The molecular formula is C20H22N2O. The maximum Gasteiger partial charge on any atom is 0.166 e. The van der Waals surface area contributed by atoms with Crippen LogP contribution in [0.25, 0.3) is 16.9 Å². The molecule has 0 saturated carbocycles. The maximum atomic E-state index is 10.9. The van der Waals surface area contributed by atoms with Crippen molar-refractivity contribution in [3.05, 3.63) is 65.9 Å². The number of hydrogen-bond donors (Lipinski definition) is 1. The first-order valence-corrected chi connectivity index (χ1v) is 7.83. The number of benzene rings is 2. The van der Waals surface area contributed by atoms with Gasteiger partial charge in [0.05, 0.1) is 5.69 Å². The summed E-state index contributed by atoms with van der Waals surface area (Å²) in [4.78, 5) is 0. The van der Waals surface area contributed by atoms with Crippen LogP contribution in [0.4, 0.5) is 0 Å². The van der Waals surface area contributed by atoms with Crippen molar-refractivity contribution in [2.75, 3.05) is 0 Å². The molecule has 23 heavy (non-hydrogen) atoms. The van der Waals surface area contributed by atoms with Gasteiger partial charge in [-0.2, -0.15) is 5.10 Å². The predicted octanol–water partition coefficient (Wildman–Crippen LogP) is 4.85. The van der Waals surface area contributed by atoms with Crippen molar-refractivity contribution in [1.82, 2.24) is 9.78 Å². The van der Waals surface area contributed by atoms with Crippen LogP contribution in [0.3, 0.4) is 0 Å². The third kappa shape index (κ3) is 2.74. The summed E-state index contributed by atoms with van der Waals surface area (Å²) in [5, 5.41) is 15.6. The number of aromatic nitrogens is 2.